The van der Waals surface area contributed by atoms with Crippen molar-refractivity contribution in [3.63, 3.8) is 0 Å². The summed E-state index contributed by atoms with van der Waals surface area (Å²) in [6, 6.07) is 9.36. The summed E-state index contributed by atoms with van der Waals surface area (Å²) in [5, 5.41) is 0.965. The average Bonchev–Trinajstić information content (AvgIpc) is 2.53. The lowest BCUT2D eigenvalue weighted by Gasteiger charge is -2.13. The van der Waals surface area contributed by atoms with E-state index in [1.165, 1.54) is 18.2 Å². The molecule has 0 saturated heterocycles. The summed E-state index contributed by atoms with van der Waals surface area (Å²) in [5.41, 5.74) is 0.389. The van der Waals surface area contributed by atoms with Gasteiger partial charge in [0.05, 0.1) is 9.50 Å². The molecule has 124 valence electrons. The number of nitrogens with zero attached hydrogens (tertiary/aromatic N) is 1. The van der Waals surface area contributed by atoms with Crippen LogP contribution < -0.4 is 4.18 Å². The van der Waals surface area contributed by atoms with E-state index in [1.54, 1.807) is 24.4 Å². The van der Waals surface area contributed by atoms with Crippen LogP contribution in [0, 0.1) is 0 Å². The Morgan fingerprint density at radius 2 is 1.79 bits per heavy atom. The summed E-state index contributed by atoms with van der Waals surface area (Å²) in [6.07, 6.45) is 1.55. The van der Waals surface area contributed by atoms with E-state index in [1.807, 2.05) is 0 Å². The number of fused-ring (bicyclic) bond motifs is 1. The van der Waals surface area contributed by atoms with Crippen LogP contribution in [0.5, 0.6) is 5.75 Å². The van der Waals surface area contributed by atoms with Crippen LogP contribution in [-0.4, -0.2) is 13.4 Å². The Morgan fingerprint density at radius 1 is 1.04 bits per heavy atom. The van der Waals surface area contributed by atoms with Gasteiger partial charge in [0.1, 0.15) is 10.4 Å². The van der Waals surface area contributed by atoms with Crippen molar-refractivity contribution < 1.29 is 12.6 Å². The molecule has 0 unspecified atom stereocenters. The van der Waals surface area contributed by atoms with Crippen molar-refractivity contribution in [3.8, 4) is 5.75 Å². The first-order valence-electron chi connectivity index (χ1n) is 6.42. The zero-order valence-electron chi connectivity index (χ0n) is 11.6. The van der Waals surface area contributed by atoms with Gasteiger partial charge in [-0.3, -0.25) is 4.98 Å². The van der Waals surface area contributed by atoms with Crippen molar-refractivity contribution in [3.05, 3.63) is 61.6 Å². The Bertz CT molecular complexity index is 1060. The Morgan fingerprint density at radius 3 is 2.54 bits per heavy atom. The summed E-state index contributed by atoms with van der Waals surface area (Å²) in [6.45, 7) is 0. The number of aromatic nitrogens is 1. The van der Waals surface area contributed by atoms with Crippen LogP contribution in [-0.2, 0) is 10.1 Å². The fourth-order valence-corrected chi connectivity index (χ4v) is 5.20. The van der Waals surface area contributed by atoms with E-state index in [-0.39, 0.29) is 20.7 Å². The number of halogens is 4. The monoisotopic (exact) mass is 509 g/mol. The lowest BCUT2D eigenvalue weighted by atomic mass is 10.2. The minimum Gasteiger partial charge on any atom is -0.375 e. The van der Waals surface area contributed by atoms with Gasteiger partial charge in [-0.25, -0.2) is 0 Å². The van der Waals surface area contributed by atoms with E-state index in [0.717, 1.165) is 4.47 Å². The highest BCUT2D eigenvalue weighted by atomic mass is 79.9. The van der Waals surface area contributed by atoms with Gasteiger partial charge in [0, 0.05) is 21.1 Å². The quantitative estimate of drug-likeness (QED) is 0.415. The summed E-state index contributed by atoms with van der Waals surface area (Å²) < 4.78 is 31.8. The SMILES string of the molecule is O=S(=O)(Oc1c(Br)cc(Br)c2cccnc12)c1cc(Cl)ccc1Cl. The van der Waals surface area contributed by atoms with Gasteiger partial charge in [-0.05, 0) is 46.3 Å². The molecule has 0 N–H and O–H groups in total. The second-order valence-corrected chi connectivity index (χ2v) is 8.75. The van der Waals surface area contributed by atoms with E-state index in [4.69, 9.17) is 27.4 Å². The molecule has 0 fully saturated rings. The second kappa shape index (κ2) is 6.80. The van der Waals surface area contributed by atoms with E-state index >= 15 is 0 Å². The molecular weight excluding hydrogens is 505 g/mol. The maximum Gasteiger partial charge on any atom is 0.340 e. The number of hydrogen-bond acceptors (Lipinski definition) is 4. The highest BCUT2D eigenvalue weighted by Gasteiger charge is 2.24. The summed E-state index contributed by atoms with van der Waals surface area (Å²) in [4.78, 5) is 4.00. The van der Waals surface area contributed by atoms with Crippen LogP contribution in [0.1, 0.15) is 0 Å². The molecule has 4 nitrogen and oxygen atoms in total. The molecular formula is C15H7Br2Cl2NO3S. The van der Waals surface area contributed by atoms with Crippen molar-refractivity contribution in [2.24, 2.45) is 0 Å². The molecule has 0 bridgehead atoms. The van der Waals surface area contributed by atoms with Gasteiger partial charge in [0.25, 0.3) is 0 Å². The smallest absolute Gasteiger partial charge is 0.340 e. The maximum atomic E-state index is 12.6. The van der Waals surface area contributed by atoms with Crippen molar-refractivity contribution >= 4 is 76.1 Å². The predicted molar refractivity (Wildman–Crippen MR) is 101 cm³/mol. The minimum atomic E-state index is -4.20. The molecule has 9 heteroatoms. The Kier molecular flexibility index (Phi) is 5.09. The van der Waals surface area contributed by atoms with Gasteiger partial charge in [0.2, 0.25) is 0 Å². The number of pyridine rings is 1. The van der Waals surface area contributed by atoms with E-state index in [9.17, 15) is 8.42 Å². The zero-order valence-corrected chi connectivity index (χ0v) is 17.1. The van der Waals surface area contributed by atoms with Gasteiger partial charge in [0.15, 0.2) is 5.75 Å². The van der Waals surface area contributed by atoms with E-state index in [2.05, 4.69) is 36.8 Å². The van der Waals surface area contributed by atoms with Crippen molar-refractivity contribution in [1.82, 2.24) is 4.98 Å². The van der Waals surface area contributed by atoms with E-state index in [0.29, 0.717) is 15.4 Å². The lowest BCUT2D eigenvalue weighted by Crippen LogP contribution is -2.11. The first-order valence-corrected chi connectivity index (χ1v) is 10.2. The van der Waals surface area contributed by atoms with Crippen LogP contribution in [0.4, 0.5) is 0 Å². The van der Waals surface area contributed by atoms with Crippen LogP contribution in [0.25, 0.3) is 10.9 Å². The average molecular weight is 512 g/mol. The largest absolute Gasteiger partial charge is 0.375 e. The zero-order chi connectivity index (χ0) is 17.5. The third-order valence-electron chi connectivity index (χ3n) is 3.11. The maximum absolute atomic E-state index is 12.6. The summed E-state index contributed by atoms with van der Waals surface area (Å²) in [5.74, 6) is 0.0739. The molecule has 3 aromatic rings. The van der Waals surface area contributed by atoms with Gasteiger partial charge in [-0.15, -0.1) is 0 Å². The van der Waals surface area contributed by atoms with Gasteiger partial charge in [-0.1, -0.05) is 45.2 Å². The van der Waals surface area contributed by atoms with Crippen molar-refractivity contribution in [2.45, 2.75) is 4.90 Å². The topological polar surface area (TPSA) is 56.3 Å². The fraction of sp³-hybridized carbons (Fsp3) is 0. The number of hydrogen-bond donors (Lipinski definition) is 0. The van der Waals surface area contributed by atoms with Crippen LogP contribution >= 0.6 is 55.1 Å². The molecule has 0 radical (unpaired) electrons. The number of rotatable bonds is 3. The number of benzene rings is 2. The van der Waals surface area contributed by atoms with Crippen molar-refractivity contribution in [2.75, 3.05) is 0 Å². The third kappa shape index (κ3) is 3.41. The molecule has 0 atom stereocenters. The highest BCUT2D eigenvalue weighted by molar-refractivity contribution is 9.11. The van der Waals surface area contributed by atoms with Gasteiger partial charge < -0.3 is 4.18 Å². The van der Waals surface area contributed by atoms with Crippen LogP contribution in [0.3, 0.4) is 0 Å². The molecule has 0 saturated carbocycles. The molecule has 1 aromatic heterocycles. The molecule has 0 aliphatic carbocycles. The highest BCUT2D eigenvalue weighted by Crippen LogP contribution is 2.39. The van der Waals surface area contributed by atoms with Crippen LogP contribution in [0.2, 0.25) is 10.0 Å². The van der Waals surface area contributed by atoms with Gasteiger partial charge >= 0.3 is 10.1 Å². The Labute approximate surface area is 165 Å². The Balaban J connectivity index is 2.18. The van der Waals surface area contributed by atoms with Crippen LogP contribution in [0.15, 0.2) is 56.4 Å². The predicted octanol–water partition coefficient (Wildman–Crippen LogP) is 5.83. The molecule has 3 rings (SSSR count). The standard InChI is InChI=1S/C15H7Br2Cl2NO3S/c16-10-7-11(17)15(14-9(10)2-1-5-20-14)23-24(21,22)13-6-8(18)3-4-12(13)19/h1-7H. The second-order valence-electron chi connectivity index (χ2n) is 4.68. The first-order chi connectivity index (χ1) is 11.3. The molecule has 0 aliphatic rings. The third-order valence-corrected chi connectivity index (χ3v) is 6.29. The molecule has 2 aromatic carbocycles. The fourth-order valence-electron chi connectivity index (χ4n) is 2.05. The summed E-state index contributed by atoms with van der Waals surface area (Å²) >= 11 is 18.6. The minimum absolute atomic E-state index is 0.0184. The Hall–Kier alpha value is -0.860. The van der Waals surface area contributed by atoms with E-state index < -0.39 is 10.1 Å². The normalized spacial score (nSPS) is 11.7. The molecule has 0 aliphatic heterocycles. The summed E-state index contributed by atoms with van der Waals surface area (Å²) in [7, 11) is -4.20. The molecule has 1 heterocycles. The lowest BCUT2D eigenvalue weighted by molar-refractivity contribution is 0.487. The van der Waals surface area contributed by atoms with Crippen molar-refractivity contribution in [1.29, 1.82) is 0 Å². The molecule has 0 spiro atoms. The molecule has 24 heavy (non-hydrogen) atoms. The van der Waals surface area contributed by atoms with Gasteiger partial charge in [-0.2, -0.15) is 8.42 Å². The molecule has 0 amide bonds. The first kappa shape index (κ1) is 17.9.